The minimum Gasteiger partial charge on any atom is -0.493 e. The molecule has 0 unspecified atom stereocenters. The molecular weight excluding hydrogens is 368 g/mol. The maximum Gasteiger partial charge on any atom is 0.257 e. The van der Waals surface area contributed by atoms with Crippen molar-refractivity contribution in [3.05, 3.63) is 32.7 Å². The molecule has 0 aliphatic rings. The Hall–Kier alpha value is -1.60. The number of nitrogens with one attached hydrogen (secondary N) is 1. The van der Waals surface area contributed by atoms with Gasteiger partial charge in [0.2, 0.25) is 0 Å². The molecule has 2 rings (SSSR count). The molecule has 1 heterocycles. The van der Waals surface area contributed by atoms with Gasteiger partial charge in [-0.25, -0.2) is 4.98 Å². The summed E-state index contributed by atoms with van der Waals surface area (Å²) in [6.45, 7) is 6.29. The van der Waals surface area contributed by atoms with E-state index in [4.69, 9.17) is 9.47 Å². The number of ether oxygens (including phenoxy) is 2. The number of nitrogens with zero attached hydrogens (tertiary/aromatic N) is 1. The highest BCUT2D eigenvalue weighted by Gasteiger charge is 2.16. The third-order valence-electron chi connectivity index (χ3n) is 3.03. The van der Waals surface area contributed by atoms with Gasteiger partial charge in [0.05, 0.1) is 23.9 Å². The molecule has 1 aromatic carbocycles. The van der Waals surface area contributed by atoms with Crippen LogP contribution in [0.1, 0.15) is 27.9 Å². The number of halogens is 1. The zero-order valence-corrected chi connectivity index (χ0v) is 15.2. The van der Waals surface area contributed by atoms with Crippen LogP contribution in [0.25, 0.3) is 0 Å². The van der Waals surface area contributed by atoms with Crippen molar-refractivity contribution in [2.24, 2.45) is 0 Å². The summed E-state index contributed by atoms with van der Waals surface area (Å²) in [7, 11) is 1.54. The zero-order valence-electron chi connectivity index (χ0n) is 12.8. The van der Waals surface area contributed by atoms with E-state index in [0.29, 0.717) is 33.3 Å². The van der Waals surface area contributed by atoms with Crippen molar-refractivity contribution in [1.29, 1.82) is 0 Å². The summed E-state index contributed by atoms with van der Waals surface area (Å²) < 4.78 is 11.5. The average Bonchev–Trinajstić information content (AvgIpc) is 2.79. The van der Waals surface area contributed by atoms with E-state index in [1.54, 1.807) is 19.2 Å². The number of carbonyl (C=O) groups is 1. The molecule has 1 N–H and O–H groups in total. The highest BCUT2D eigenvalue weighted by molar-refractivity contribution is 9.10. The number of rotatable bonds is 5. The lowest BCUT2D eigenvalue weighted by molar-refractivity contribution is 0.102. The number of anilines is 1. The molecule has 0 aliphatic heterocycles. The lowest BCUT2D eigenvalue weighted by Crippen LogP contribution is -2.12. The average molecular weight is 385 g/mol. The molecule has 5 nitrogen and oxygen atoms in total. The van der Waals surface area contributed by atoms with E-state index in [0.717, 1.165) is 10.6 Å². The number of benzene rings is 1. The molecular formula is C15H17BrN2O3S. The summed E-state index contributed by atoms with van der Waals surface area (Å²) >= 11 is 4.86. The minimum absolute atomic E-state index is 0.240. The van der Waals surface area contributed by atoms with Crippen LogP contribution in [0, 0.1) is 13.8 Å². The lowest BCUT2D eigenvalue weighted by atomic mass is 10.2. The summed E-state index contributed by atoms with van der Waals surface area (Å²) in [5.74, 6) is 0.853. The van der Waals surface area contributed by atoms with Gasteiger partial charge in [-0.15, -0.1) is 11.3 Å². The van der Waals surface area contributed by atoms with E-state index in [-0.39, 0.29) is 5.91 Å². The lowest BCUT2D eigenvalue weighted by Gasteiger charge is -2.13. The van der Waals surface area contributed by atoms with Crippen molar-refractivity contribution in [3.8, 4) is 11.5 Å². The van der Waals surface area contributed by atoms with E-state index in [1.807, 2.05) is 20.8 Å². The molecule has 0 radical (unpaired) electrons. The Morgan fingerprint density at radius 2 is 2.14 bits per heavy atom. The number of aryl methyl sites for hydroxylation is 2. The first kappa shape index (κ1) is 16.8. The predicted octanol–water partition coefficient (Wildman–Crippen LogP) is 4.18. The quantitative estimate of drug-likeness (QED) is 0.839. The van der Waals surface area contributed by atoms with Crippen molar-refractivity contribution in [3.63, 3.8) is 0 Å². The van der Waals surface area contributed by atoms with Crippen molar-refractivity contribution in [1.82, 2.24) is 4.98 Å². The summed E-state index contributed by atoms with van der Waals surface area (Å²) in [5, 5.41) is 3.39. The number of thiazole rings is 1. The number of hydrogen-bond acceptors (Lipinski definition) is 5. The van der Waals surface area contributed by atoms with Crippen LogP contribution in [0.2, 0.25) is 0 Å². The second-order valence-electron chi connectivity index (χ2n) is 4.54. The van der Waals surface area contributed by atoms with Gasteiger partial charge in [-0.05, 0) is 48.8 Å². The van der Waals surface area contributed by atoms with E-state index in [9.17, 15) is 4.79 Å². The van der Waals surface area contributed by atoms with Crippen LogP contribution in [0.5, 0.6) is 11.5 Å². The Balaban J connectivity index is 2.27. The Morgan fingerprint density at radius 3 is 2.68 bits per heavy atom. The Kier molecular flexibility index (Phi) is 5.42. The highest BCUT2D eigenvalue weighted by Crippen LogP contribution is 2.37. The minimum atomic E-state index is -0.240. The Bertz CT molecular complexity index is 681. The molecule has 1 amide bonds. The van der Waals surface area contributed by atoms with Gasteiger partial charge in [0.1, 0.15) is 0 Å². The van der Waals surface area contributed by atoms with Crippen LogP contribution in [0.4, 0.5) is 5.13 Å². The summed E-state index contributed by atoms with van der Waals surface area (Å²) in [6.07, 6.45) is 0. The number of aromatic nitrogens is 1. The second-order valence-corrected chi connectivity index (χ2v) is 6.59. The molecule has 1 aromatic heterocycles. The molecule has 0 saturated heterocycles. The normalized spacial score (nSPS) is 10.4. The maximum atomic E-state index is 12.4. The number of amides is 1. The first-order valence-electron chi connectivity index (χ1n) is 6.72. The summed E-state index contributed by atoms with van der Waals surface area (Å²) in [6, 6.07) is 3.36. The molecule has 0 fully saturated rings. The zero-order chi connectivity index (χ0) is 16.3. The van der Waals surface area contributed by atoms with Gasteiger partial charge >= 0.3 is 0 Å². The molecule has 0 atom stereocenters. The van der Waals surface area contributed by atoms with Crippen LogP contribution >= 0.6 is 27.3 Å². The van der Waals surface area contributed by atoms with E-state index >= 15 is 0 Å². The number of methoxy groups -OCH3 is 1. The first-order chi connectivity index (χ1) is 10.5. The van der Waals surface area contributed by atoms with Gasteiger partial charge in [-0.1, -0.05) is 0 Å². The number of carbonyl (C=O) groups excluding carboxylic acids is 1. The van der Waals surface area contributed by atoms with E-state index in [2.05, 4.69) is 26.2 Å². The van der Waals surface area contributed by atoms with Crippen molar-refractivity contribution in [2.75, 3.05) is 19.0 Å². The molecule has 0 bridgehead atoms. The molecule has 0 aliphatic carbocycles. The third kappa shape index (κ3) is 3.59. The van der Waals surface area contributed by atoms with Crippen molar-refractivity contribution < 1.29 is 14.3 Å². The predicted molar refractivity (Wildman–Crippen MR) is 91.4 cm³/mol. The molecule has 22 heavy (non-hydrogen) atoms. The monoisotopic (exact) mass is 384 g/mol. The van der Waals surface area contributed by atoms with Crippen LogP contribution in [0.15, 0.2) is 16.6 Å². The van der Waals surface area contributed by atoms with Crippen LogP contribution in [-0.2, 0) is 0 Å². The SMILES string of the molecule is CCOc1c(Br)cc(C(=O)Nc2nc(C)c(C)s2)cc1OC. The molecule has 7 heteroatoms. The maximum absolute atomic E-state index is 12.4. The largest absolute Gasteiger partial charge is 0.493 e. The van der Waals surface area contributed by atoms with Gasteiger partial charge in [0.15, 0.2) is 16.6 Å². The topological polar surface area (TPSA) is 60.5 Å². The number of hydrogen-bond donors (Lipinski definition) is 1. The fraction of sp³-hybridized carbons (Fsp3) is 0.333. The van der Waals surface area contributed by atoms with Gasteiger partial charge in [0.25, 0.3) is 5.91 Å². The van der Waals surface area contributed by atoms with Crippen molar-refractivity contribution >= 4 is 38.3 Å². The molecule has 2 aromatic rings. The highest BCUT2D eigenvalue weighted by atomic mass is 79.9. The summed E-state index contributed by atoms with van der Waals surface area (Å²) in [5.41, 5.74) is 1.39. The molecule has 0 saturated carbocycles. The standard InChI is InChI=1S/C15H17BrN2O3S/c1-5-21-13-11(16)6-10(7-12(13)20-4)14(19)18-15-17-8(2)9(3)22-15/h6-7H,5H2,1-4H3,(H,17,18,19). The molecule has 0 spiro atoms. The third-order valence-corrected chi connectivity index (χ3v) is 4.61. The Morgan fingerprint density at radius 1 is 1.41 bits per heavy atom. The van der Waals surface area contributed by atoms with Crippen molar-refractivity contribution in [2.45, 2.75) is 20.8 Å². The van der Waals surface area contributed by atoms with Crippen LogP contribution in [-0.4, -0.2) is 24.6 Å². The van der Waals surface area contributed by atoms with E-state index in [1.165, 1.54) is 11.3 Å². The van der Waals surface area contributed by atoms with Crippen LogP contribution < -0.4 is 14.8 Å². The molecule has 118 valence electrons. The van der Waals surface area contributed by atoms with Gasteiger partial charge in [0, 0.05) is 10.4 Å². The fourth-order valence-corrected chi connectivity index (χ4v) is 3.20. The summed E-state index contributed by atoms with van der Waals surface area (Å²) in [4.78, 5) is 17.8. The van der Waals surface area contributed by atoms with Gasteiger partial charge in [-0.3, -0.25) is 10.1 Å². The Labute approximate surface area is 141 Å². The smallest absolute Gasteiger partial charge is 0.257 e. The second kappa shape index (κ2) is 7.11. The first-order valence-corrected chi connectivity index (χ1v) is 8.33. The van der Waals surface area contributed by atoms with Crippen LogP contribution in [0.3, 0.4) is 0 Å². The van der Waals surface area contributed by atoms with Gasteiger partial charge < -0.3 is 9.47 Å². The fourth-order valence-electron chi connectivity index (χ4n) is 1.83. The van der Waals surface area contributed by atoms with Gasteiger partial charge in [-0.2, -0.15) is 0 Å². The van der Waals surface area contributed by atoms with E-state index < -0.39 is 0 Å².